The van der Waals surface area contributed by atoms with Crippen LogP contribution in [0.15, 0.2) is 4.52 Å². The summed E-state index contributed by atoms with van der Waals surface area (Å²) in [6.07, 6.45) is 8.07. The van der Waals surface area contributed by atoms with Gasteiger partial charge in [-0.2, -0.15) is 4.98 Å². The van der Waals surface area contributed by atoms with E-state index >= 15 is 0 Å². The molecule has 0 atom stereocenters. The summed E-state index contributed by atoms with van der Waals surface area (Å²) in [4.78, 5) is 4.67. The number of hydrogen-bond donors (Lipinski definition) is 1. The molecule has 0 saturated heterocycles. The molecule has 4 bridgehead atoms. The lowest BCUT2D eigenvalue weighted by molar-refractivity contribution is -0.0201. The van der Waals surface area contributed by atoms with Crippen molar-refractivity contribution in [2.45, 2.75) is 63.3 Å². The van der Waals surface area contributed by atoms with Gasteiger partial charge in [-0.3, -0.25) is 0 Å². The van der Waals surface area contributed by atoms with Crippen LogP contribution in [-0.4, -0.2) is 10.1 Å². The second kappa shape index (κ2) is 3.60. The highest BCUT2D eigenvalue weighted by molar-refractivity contribution is 5.16. The van der Waals surface area contributed by atoms with Crippen molar-refractivity contribution in [2.24, 2.45) is 23.5 Å². The van der Waals surface area contributed by atoms with Crippen molar-refractivity contribution in [1.82, 2.24) is 10.1 Å². The molecule has 1 aromatic rings. The molecule has 1 heterocycles. The molecule has 4 nitrogen and oxygen atoms in total. The first kappa shape index (κ1) is 11.9. The molecule has 19 heavy (non-hydrogen) atoms. The lowest BCUT2D eigenvalue weighted by atomic mass is 9.49. The van der Waals surface area contributed by atoms with E-state index in [-0.39, 0.29) is 5.41 Å². The molecule has 0 aromatic carbocycles. The van der Waals surface area contributed by atoms with Crippen LogP contribution >= 0.6 is 0 Å². The Kier molecular flexibility index (Phi) is 2.25. The Balaban J connectivity index is 1.70. The van der Waals surface area contributed by atoms with Gasteiger partial charge in [0, 0.05) is 0 Å². The van der Waals surface area contributed by atoms with Crippen LogP contribution in [0.1, 0.15) is 64.1 Å². The first-order chi connectivity index (χ1) is 8.95. The zero-order valence-corrected chi connectivity index (χ0v) is 11.9. The van der Waals surface area contributed by atoms with Crippen LogP contribution in [-0.2, 0) is 11.0 Å². The summed E-state index contributed by atoms with van der Waals surface area (Å²) in [6.45, 7) is 3.86. The monoisotopic (exact) mass is 261 g/mol. The molecule has 4 aliphatic rings. The van der Waals surface area contributed by atoms with Crippen LogP contribution in [0.3, 0.4) is 0 Å². The van der Waals surface area contributed by atoms with Gasteiger partial charge in [0.25, 0.3) is 0 Å². The van der Waals surface area contributed by atoms with Crippen LogP contribution in [0.5, 0.6) is 0 Å². The molecule has 4 fully saturated rings. The van der Waals surface area contributed by atoms with Gasteiger partial charge >= 0.3 is 0 Å². The number of hydrogen-bond acceptors (Lipinski definition) is 4. The van der Waals surface area contributed by atoms with Gasteiger partial charge in [-0.25, -0.2) is 0 Å². The fourth-order valence-electron chi connectivity index (χ4n) is 5.07. The zero-order valence-electron chi connectivity index (χ0n) is 11.9. The van der Waals surface area contributed by atoms with Gasteiger partial charge in [0.15, 0.2) is 5.82 Å². The van der Waals surface area contributed by atoms with Gasteiger partial charge < -0.3 is 10.3 Å². The minimum Gasteiger partial charge on any atom is -0.339 e. The van der Waals surface area contributed by atoms with E-state index in [4.69, 9.17) is 10.3 Å². The van der Waals surface area contributed by atoms with Crippen molar-refractivity contribution in [3.63, 3.8) is 0 Å². The van der Waals surface area contributed by atoms with E-state index in [0.29, 0.717) is 5.82 Å². The molecule has 2 N–H and O–H groups in total. The Morgan fingerprint density at radius 3 is 2.05 bits per heavy atom. The van der Waals surface area contributed by atoms with Crippen molar-refractivity contribution in [1.29, 1.82) is 0 Å². The summed E-state index contributed by atoms with van der Waals surface area (Å²) >= 11 is 0. The molecule has 4 heteroatoms. The van der Waals surface area contributed by atoms with Gasteiger partial charge in [-0.1, -0.05) is 5.16 Å². The zero-order chi connectivity index (χ0) is 13.3. The summed E-state index contributed by atoms with van der Waals surface area (Å²) in [5.41, 5.74) is 5.75. The van der Waals surface area contributed by atoms with Gasteiger partial charge in [0.1, 0.15) is 0 Å². The molecule has 1 aromatic heterocycles. The molecular weight excluding hydrogens is 238 g/mol. The average Bonchev–Trinajstić information content (AvgIpc) is 2.75. The topological polar surface area (TPSA) is 64.9 Å². The largest absolute Gasteiger partial charge is 0.339 e. The number of nitrogens with two attached hydrogens (primary N) is 1. The van der Waals surface area contributed by atoms with Crippen LogP contribution in [0.25, 0.3) is 0 Å². The van der Waals surface area contributed by atoms with Crippen LogP contribution in [0, 0.1) is 17.8 Å². The first-order valence-corrected chi connectivity index (χ1v) is 7.58. The Morgan fingerprint density at radius 1 is 1.11 bits per heavy atom. The van der Waals surface area contributed by atoms with Crippen molar-refractivity contribution in [2.75, 3.05) is 0 Å². The van der Waals surface area contributed by atoms with E-state index in [2.05, 4.69) is 10.1 Å². The van der Waals surface area contributed by atoms with Crippen molar-refractivity contribution < 1.29 is 4.52 Å². The molecule has 5 rings (SSSR count). The van der Waals surface area contributed by atoms with Gasteiger partial charge in [0.2, 0.25) is 5.89 Å². The molecule has 0 spiro atoms. The fraction of sp³-hybridized carbons (Fsp3) is 0.867. The maximum atomic E-state index is 6.08. The summed E-state index contributed by atoms with van der Waals surface area (Å²) in [6, 6.07) is 0. The van der Waals surface area contributed by atoms with Crippen LogP contribution < -0.4 is 5.73 Å². The lowest BCUT2D eigenvalue weighted by Gasteiger charge is -2.55. The number of rotatable bonds is 2. The van der Waals surface area contributed by atoms with E-state index in [0.717, 1.165) is 23.6 Å². The third-order valence-electron chi connectivity index (χ3n) is 5.49. The molecule has 0 amide bonds. The standard InChI is InChI=1S/C15H23N3O/c1-14(2,16)12-17-13(19-18-12)15-6-9-3-10(7-15)5-11(4-9)8-15/h9-11H,3-8,16H2,1-2H3. The normalized spacial score (nSPS) is 40.9. The molecular formula is C15H23N3O. The first-order valence-electron chi connectivity index (χ1n) is 7.58. The van der Waals surface area contributed by atoms with Crippen molar-refractivity contribution in [3.8, 4) is 0 Å². The Bertz CT molecular complexity index is 464. The Hall–Kier alpha value is -0.900. The summed E-state index contributed by atoms with van der Waals surface area (Å²) in [5.74, 6) is 4.21. The quantitative estimate of drug-likeness (QED) is 0.889. The highest BCUT2D eigenvalue weighted by atomic mass is 16.5. The van der Waals surface area contributed by atoms with Crippen molar-refractivity contribution >= 4 is 0 Å². The van der Waals surface area contributed by atoms with Gasteiger partial charge in [-0.15, -0.1) is 0 Å². The molecule has 0 aliphatic heterocycles. The van der Waals surface area contributed by atoms with E-state index in [1.54, 1.807) is 0 Å². The molecule has 104 valence electrons. The van der Waals surface area contributed by atoms with E-state index in [1.807, 2.05) is 13.8 Å². The highest BCUT2D eigenvalue weighted by Crippen LogP contribution is 2.60. The summed E-state index contributed by atoms with van der Waals surface area (Å²) in [7, 11) is 0. The highest BCUT2D eigenvalue weighted by Gasteiger charge is 2.54. The minimum atomic E-state index is -0.510. The minimum absolute atomic E-state index is 0.186. The third kappa shape index (κ3) is 1.76. The number of nitrogens with zero attached hydrogens (tertiary/aromatic N) is 2. The second-order valence-electron chi connectivity index (χ2n) is 7.84. The predicted molar refractivity (Wildman–Crippen MR) is 71.4 cm³/mol. The maximum Gasteiger partial charge on any atom is 0.232 e. The Morgan fingerprint density at radius 2 is 1.63 bits per heavy atom. The summed E-state index contributed by atoms with van der Waals surface area (Å²) in [5, 5.41) is 4.13. The Labute approximate surface area is 114 Å². The molecule has 0 unspecified atom stereocenters. The van der Waals surface area contributed by atoms with Gasteiger partial charge in [0.05, 0.1) is 11.0 Å². The lowest BCUT2D eigenvalue weighted by Crippen LogP contribution is -2.48. The maximum absolute atomic E-state index is 6.08. The molecule has 4 saturated carbocycles. The number of aromatic nitrogens is 2. The molecule has 0 radical (unpaired) electrons. The summed E-state index contributed by atoms with van der Waals surface area (Å²) < 4.78 is 5.63. The van der Waals surface area contributed by atoms with E-state index in [1.165, 1.54) is 38.5 Å². The SMILES string of the molecule is CC(C)(N)c1noc(C23CC4CC(CC(C4)C2)C3)n1. The predicted octanol–water partition coefficient (Wildman–Crippen LogP) is 2.73. The van der Waals surface area contributed by atoms with Crippen LogP contribution in [0.4, 0.5) is 0 Å². The van der Waals surface area contributed by atoms with E-state index < -0.39 is 5.54 Å². The second-order valence-corrected chi connectivity index (χ2v) is 7.84. The average molecular weight is 261 g/mol. The van der Waals surface area contributed by atoms with Crippen LogP contribution in [0.2, 0.25) is 0 Å². The molecule has 4 aliphatic carbocycles. The fourth-order valence-corrected chi connectivity index (χ4v) is 5.07. The van der Waals surface area contributed by atoms with E-state index in [9.17, 15) is 0 Å². The smallest absolute Gasteiger partial charge is 0.232 e. The van der Waals surface area contributed by atoms with Crippen molar-refractivity contribution in [3.05, 3.63) is 11.7 Å². The van der Waals surface area contributed by atoms with Gasteiger partial charge in [-0.05, 0) is 70.1 Å². The third-order valence-corrected chi connectivity index (χ3v) is 5.49.